The van der Waals surface area contributed by atoms with Crippen LogP contribution in [-0.4, -0.2) is 22.1 Å². The Kier molecular flexibility index (Phi) is 2.62. The lowest BCUT2D eigenvalue weighted by molar-refractivity contribution is 0.366. The van der Waals surface area contributed by atoms with E-state index in [0.29, 0.717) is 6.04 Å². The minimum absolute atomic E-state index is 0.617. The first-order chi connectivity index (χ1) is 7.93. The van der Waals surface area contributed by atoms with E-state index >= 15 is 0 Å². The van der Waals surface area contributed by atoms with Crippen molar-refractivity contribution in [3.8, 4) is 0 Å². The molecule has 3 heteroatoms. The number of hydrogen-bond acceptors (Lipinski definition) is 2. The number of hydrogen-bond donors (Lipinski definition) is 1. The van der Waals surface area contributed by atoms with Gasteiger partial charge in [0.15, 0.2) is 0 Å². The lowest BCUT2D eigenvalue weighted by atomic mass is 10.1. The highest BCUT2D eigenvalue weighted by atomic mass is 15.1. The Bertz CT molecular complexity index is 469. The molecule has 1 aromatic heterocycles. The van der Waals surface area contributed by atoms with Crippen LogP contribution in [0.2, 0.25) is 0 Å². The molecule has 84 valence electrons. The second-order valence-electron chi connectivity index (χ2n) is 4.53. The molecule has 0 aliphatic carbocycles. The quantitative estimate of drug-likeness (QED) is 0.832. The smallest absolute Gasteiger partial charge is 0.0958 e. The number of aromatic nitrogens is 2. The van der Waals surface area contributed by atoms with E-state index in [2.05, 4.69) is 33.1 Å². The van der Waals surface area contributed by atoms with Crippen LogP contribution in [0.4, 0.5) is 0 Å². The second kappa shape index (κ2) is 4.26. The Morgan fingerprint density at radius 2 is 2.25 bits per heavy atom. The fraction of sp³-hybridized carbons (Fsp3) is 0.462. The van der Waals surface area contributed by atoms with Crippen LogP contribution in [0.1, 0.15) is 19.3 Å². The summed E-state index contributed by atoms with van der Waals surface area (Å²) in [5.41, 5.74) is 2.34. The topological polar surface area (TPSA) is 29.9 Å². The minimum Gasteiger partial charge on any atom is -0.329 e. The highest BCUT2D eigenvalue weighted by Gasteiger charge is 2.13. The summed E-state index contributed by atoms with van der Waals surface area (Å²) in [5, 5.41) is 3.57. The van der Waals surface area contributed by atoms with Crippen LogP contribution in [0.15, 0.2) is 30.6 Å². The molecular weight excluding hydrogens is 198 g/mol. The first-order valence-corrected chi connectivity index (χ1v) is 6.07. The predicted molar refractivity (Wildman–Crippen MR) is 65.4 cm³/mol. The molecule has 1 aliphatic rings. The van der Waals surface area contributed by atoms with Crippen LogP contribution in [-0.2, 0) is 6.54 Å². The minimum atomic E-state index is 0.617. The summed E-state index contributed by atoms with van der Waals surface area (Å²) < 4.78 is 2.26. The molecule has 1 atom stereocenters. The molecule has 3 rings (SSSR count). The van der Waals surface area contributed by atoms with Gasteiger partial charge in [-0.3, -0.25) is 0 Å². The molecule has 1 aromatic carbocycles. The Balaban J connectivity index is 1.83. The molecule has 1 aliphatic heterocycles. The van der Waals surface area contributed by atoms with Gasteiger partial charge in [0, 0.05) is 12.6 Å². The van der Waals surface area contributed by atoms with Gasteiger partial charge in [0.05, 0.1) is 17.4 Å². The van der Waals surface area contributed by atoms with Crippen molar-refractivity contribution in [1.82, 2.24) is 14.9 Å². The van der Waals surface area contributed by atoms with Crippen molar-refractivity contribution >= 4 is 11.0 Å². The Labute approximate surface area is 95.5 Å². The first kappa shape index (κ1) is 9.85. The summed E-state index contributed by atoms with van der Waals surface area (Å²) in [7, 11) is 0. The number of rotatable bonds is 2. The van der Waals surface area contributed by atoms with E-state index in [4.69, 9.17) is 0 Å². The molecule has 2 heterocycles. The van der Waals surface area contributed by atoms with Crippen LogP contribution >= 0.6 is 0 Å². The number of benzene rings is 1. The molecule has 0 saturated carbocycles. The fourth-order valence-electron chi connectivity index (χ4n) is 2.47. The Hall–Kier alpha value is -1.35. The van der Waals surface area contributed by atoms with Crippen LogP contribution in [0.5, 0.6) is 0 Å². The molecular formula is C13H17N3. The standard InChI is InChI=1S/C13H17N3/c1-2-7-13-12(6-1)15-10-16(13)9-11-5-3-4-8-14-11/h1-2,6-7,10-11,14H,3-5,8-9H2/t11-/m0/s1. The Morgan fingerprint density at radius 3 is 3.12 bits per heavy atom. The summed E-state index contributed by atoms with van der Waals surface area (Å²) in [6.45, 7) is 2.21. The van der Waals surface area contributed by atoms with E-state index in [1.165, 1.54) is 24.8 Å². The zero-order chi connectivity index (χ0) is 10.8. The molecule has 0 unspecified atom stereocenters. The molecule has 1 N–H and O–H groups in total. The molecule has 0 spiro atoms. The third-order valence-corrected chi connectivity index (χ3v) is 3.36. The molecule has 2 aromatic rings. The number of fused-ring (bicyclic) bond motifs is 1. The van der Waals surface area contributed by atoms with E-state index < -0.39 is 0 Å². The van der Waals surface area contributed by atoms with E-state index in [-0.39, 0.29) is 0 Å². The van der Waals surface area contributed by atoms with Crippen LogP contribution in [0.25, 0.3) is 11.0 Å². The molecule has 0 radical (unpaired) electrons. The van der Waals surface area contributed by atoms with Gasteiger partial charge in [-0.25, -0.2) is 4.98 Å². The van der Waals surface area contributed by atoms with Crippen molar-refractivity contribution < 1.29 is 0 Å². The van der Waals surface area contributed by atoms with Crippen molar-refractivity contribution in [2.24, 2.45) is 0 Å². The number of piperidine rings is 1. The largest absolute Gasteiger partial charge is 0.329 e. The first-order valence-electron chi connectivity index (χ1n) is 6.07. The second-order valence-corrected chi connectivity index (χ2v) is 4.53. The molecule has 3 nitrogen and oxygen atoms in total. The zero-order valence-electron chi connectivity index (χ0n) is 9.39. The number of para-hydroxylation sites is 2. The summed E-state index contributed by atoms with van der Waals surface area (Å²) in [4.78, 5) is 4.42. The maximum atomic E-state index is 4.42. The van der Waals surface area contributed by atoms with Gasteiger partial charge in [0.25, 0.3) is 0 Å². The SMILES string of the molecule is c1ccc2c(c1)ncn2C[C@@H]1CCCCN1. The molecule has 0 bridgehead atoms. The lowest BCUT2D eigenvalue weighted by Gasteiger charge is -2.23. The van der Waals surface area contributed by atoms with Gasteiger partial charge in [0.2, 0.25) is 0 Å². The normalized spacial score (nSPS) is 21.4. The van der Waals surface area contributed by atoms with Gasteiger partial charge in [-0.2, -0.15) is 0 Å². The Morgan fingerprint density at radius 1 is 1.31 bits per heavy atom. The fourth-order valence-corrected chi connectivity index (χ4v) is 2.47. The van der Waals surface area contributed by atoms with Crippen LogP contribution in [0, 0.1) is 0 Å². The molecule has 1 saturated heterocycles. The van der Waals surface area contributed by atoms with Gasteiger partial charge in [0.1, 0.15) is 0 Å². The average Bonchev–Trinajstić information content (AvgIpc) is 2.74. The molecule has 16 heavy (non-hydrogen) atoms. The van der Waals surface area contributed by atoms with Crippen molar-refractivity contribution in [3.63, 3.8) is 0 Å². The van der Waals surface area contributed by atoms with Gasteiger partial charge in [-0.05, 0) is 31.5 Å². The van der Waals surface area contributed by atoms with Gasteiger partial charge >= 0.3 is 0 Å². The summed E-state index contributed by atoms with van der Waals surface area (Å²) >= 11 is 0. The van der Waals surface area contributed by atoms with E-state index in [1.54, 1.807) is 0 Å². The third kappa shape index (κ3) is 1.83. The maximum absolute atomic E-state index is 4.42. The maximum Gasteiger partial charge on any atom is 0.0958 e. The lowest BCUT2D eigenvalue weighted by Crippen LogP contribution is -2.37. The average molecular weight is 215 g/mol. The predicted octanol–water partition coefficient (Wildman–Crippen LogP) is 2.18. The van der Waals surface area contributed by atoms with Crippen LogP contribution < -0.4 is 5.32 Å². The van der Waals surface area contributed by atoms with Crippen molar-refractivity contribution in [2.45, 2.75) is 31.8 Å². The zero-order valence-corrected chi connectivity index (χ0v) is 9.39. The van der Waals surface area contributed by atoms with Crippen LogP contribution in [0.3, 0.4) is 0 Å². The van der Waals surface area contributed by atoms with Gasteiger partial charge in [-0.1, -0.05) is 18.6 Å². The van der Waals surface area contributed by atoms with E-state index in [9.17, 15) is 0 Å². The third-order valence-electron chi connectivity index (χ3n) is 3.36. The van der Waals surface area contributed by atoms with E-state index in [1.807, 2.05) is 12.4 Å². The highest BCUT2D eigenvalue weighted by molar-refractivity contribution is 5.74. The van der Waals surface area contributed by atoms with E-state index in [0.717, 1.165) is 18.6 Å². The number of nitrogens with zero attached hydrogens (tertiary/aromatic N) is 2. The van der Waals surface area contributed by atoms with Crippen molar-refractivity contribution in [2.75, 3.05) is 6.54 Å². The molecule has 1 fully saturated rings. The van der Waals surface area contributed by atoms with Crippen molar-refractivity contribution in [1.29, 1.82) is 0 Å². The summed E-state index contributed by atoms with van der Waals surface area (Å²) in [5.74, 6) is 0. The summed E-state index contributed by atoms with van der Waals surface area (Å²) in [6, 6.07) is 8.95. The highest BCUT2D eigenvalue weighted by Crippen LogP contribution is 2.15. The molecule has 0 amide bonds. The monoisotopic (exact) mass is 215 g/mol. The van der Waals surface area contributed by atoms with Gasteiger partial charge in [-0.15, -0.1) is 0 Å². The number of nitrogens with one attached hydrogen (secondary N) is 1. The number of imidazole rings is 1. The summed E-state index contributed by atoms with van der Waals surface area (Å²) in [6.07, 6.45) is 5.92. The van der Waals surface area contributed by atoms with Gasteiger partial charge < -0.3 is 9.88 Å². The van der Waals surface area contributed by atoms with Crippen molar-refractivity contribution in [3.05, 3.63) is 30.6 Å².